The van der Waals surface area contributed by atoms with E-state index < -0.39 is 0 Å². The van der Waals surface area contributed by atoms with Gasteiger partial charge in [-0.05, 0) is 12.1 Å². The first-order chi connectivity index (χ1) is 9.67. The molecule has 0 fully saturated rings. The van der Waals surface area contributed by atoms with E-state index in [1.54, 1.807) is 12.1 Å². The zero-order valence-corrected chi connectivity index (χ0v) is 11.8. The van der Waals surface area contributed by atoms with Crippen molar-refractivity contribution in [2.75, 3.05) is 0 Å². The van der Waals surface area contributed by atoms with Gasteiger partial charge in [0, 0.05) is 22.3 Å². The van der Waals surface area contributed by atoms with Crippen molar-refractivity contribution in [2.45, 2.75) is 0 Å². The van der Waals surface area contributed by atoms with E-state index in [4.69, 9.17) is 35.0 Å². The van der Waals surface area contributed by atoms with Gasteiger partial charge in [-0.1, -0.05) is 48.7 Å². The van der Waals surface area contributed by atoms with Crippen LogP contribution in [0.4, 0.5) is 0 Å². The quantitative estimate of drug-likeness (QED) is 0.596. The minimum absolute atomic E-state index is 0.329. The number of nitrogens with zero attached hydrogens (tertiary/aromatic N) is 2. The summed E-state index contributed by atoms with van der Waals surface area (Å²) in [5, 5.41) is 18.2. The molecule has 0 saturated heterocycles. The highest BCUT2D eigenvalue weighted by Gasteiger charge is 2.25. The van der Waals surface area contributed by atoms with E-state index in [9.17, 15) is 0 Å². The predicted octanol–water partition coefficient (Wildman–Crippen LogP) is 3.28. The van der Waals surface area contributed by atoms with Crippen LogP contribution in [0.2, 0.25) is 0 Å². The maximum absolute atomic E-state index is 9.12. The first-order valence-electron chi connectivity index (χ1n) is 5.84. The van der Waals surface area contributed by atoms with E-state index in [0.717, 1.165) is 22.3 Å². The Bertz CT molecular complexity index is 795. The first-order valence-corrected chi connectivity index (χ1v) is 6.65. The fraction of sp³-hybridized carbons (Fsp3) is 0. The van der Waals surface area contributed by atoms with Gasteiger partial charge in [-0.2, -0.15) is 10.5 Å². The molecule has 0 heterocycles. The van der Waals surface area contributed by atoms with E-state index in [1.165, 1.54) is 0 Å². The Morgan fingerprint density at radius 2 is 1.10 bits per heavy atom. The van der Waals surface area contributed by atoms with Crippen molar-refractivity contribution in [3.05, 3.63) is 69.8 Å². The number of rotatable bonds is 0. The zero-order valence-electron chi connectivity index (χ0n) is 10.2. The maximum atomic E-state index is 9.12. The molecule has 0 radical (unpaired) electrons. The van der Waals surface area contributed by atoms with Gasteiger partial charge in [-0.25, -0.2) is 0 Å². The molecule has 0 spiro atoms. The third-order valence-corrected chi connectivity index (χ3v) is 4.18. The molecule has 0 N–H and O–H groups in total. The molecule has 2 aromatic carbocycles. The zero-order chi connectivity index (χ0) is 14.3. The third kappa shape index (κ3) is 1.67. The average Bonchev–Trinajstić information content (AvgIpc) is 2.51. The molecular formula is C16H6N2S2. The Hall–Kier alpha value is -2.40. The fourth-order valence-electron chi connectivity index (χ4n) is 2.33. The number of fused-ring (bicyclic) bond motifs is 2. The molecule has 4 heteroatoms. The number of hydrogen-bond donors (Lipinski definition) is 0. The topological polar surface area (TPSA) is 47.6 Å². The van der Waals surface area contributed by atoms with Crippen molar-refractivity contribution >= 4 is 34.2 Å². The molecule has 2 aromatic rings. The standard InChI is InChI=1S/C16H6N2S2/c17-7-9-5-13-14(6-10(9)8-18)16(20)12-4-2-1-3-11(12)15(13)19/h1-6H. The second-order valence-corrected chi connectivity index (χ2v) is 5.19. The third-order valence-electron chi connectivity index (χ3n) is 3.30. The predicted molar refractivity (Wildman–Crippen MR) is 83.9 cm³/mol. The molecular weight excluding hydrogens is 284 g/mol. The summed E-state index contributed by atoms with van der Waals surface area (Å²) in [5.41, 5.74) is 4.01. The van der Waals surface area contributed by atoms with Gasteiger partial charge in [-0.3, -0.25) is 0 Å². The summed E-state index contributed by atoms with van der Waals surface area (Å²) >= 11 is 11.0. The van der Waals surface area contributed by atoms with Gasteiger partial charge in [0.2, 0.25) is 0 Å². The van der Waals surface area contributed by atoms with E-state index in [2.05, 4.69) is 0 Å². The molecule has 3 rings (SSSR count). The SMILES string of the molecule is N#Cc1cc2c(cc1C#N)C(=S)c1ccccc1C2=S. The lowest BCUT2D eigenvalue weighted by atomic mass is 9.83. The van der Waals surface area contributed by atoms with Crippen LogP contribution >= 0.6 is 24.4 Å². The lowest BCUT2D eigenvalue weighted by Crippen LogP contribution is -2.20. The monoisotopic (exact) mass is 290 g/mol. The molecule has 0 atom stereocenters. The summed E-state index contributed by atoms with van der Waals surface area (Å²) in [6, 6.07) is 15.1. The summed E-state index contributed by atoms with van der Waals surface area (Å²) in [7, 11) is 0. The highest BCUT2D eigenvalue weighted by atomic mass is 32.1. The van der Waals surface area contributed by atoms with Crippen LogP contribution in [0.1, 0.15) is 33.4 Å². The molecule has 2 nitrogen and oxygen atoms in total. The molecule has 0 aliphatic heterocycles. The molecule has 20 heavy (non-hydrogen) atoms. The number of benzene rings is 2. The second kappa shape index (κ2) is 4.61. The van der Waals surface area contributed by atoms with Crippen LogP contribution < -0.4 is 0 Å². The van der Waals surface area contributed by atoms with Crippen LogP contribution in [-0.2, 0) is 0 Å². The summed E-state index contributed by atoms with van der Waals surface area (Å²) in [6.45, 7) is 0. The van der Waals surface area contributed by atoms with Crippen LogP contribution in [0, 0.1) is 22.7 Å². The minimum Gasteiger partial charge on any atom is -0.192 e. The summed E-state index contributed by atoms with van der Waals surface area (Å²) in [5.74, 6) is 0. The summed E-state index contributed by atoms with van der Waals surface area (Å²) in [6.07, 6.45) is 0. The average molecular weight is 290 g/mol. The Morgan fingerprint density at radius 3 is 1.45 bits per heavy atom. The van der Waals surface area contributed by atoms with Crippen molar-refractivity contribution in [3.8, 4) is 12.1 Å². The van der Waals surface area contributed by atoms with Gasteiger partial charge in [0.25, 0.3) is 0 Å². The van der Waals surface area contributed by atoms with Crippen molar-refractivity contribution in [2.24, 2.45) is 0 Å². The molecule has 0 unspecified atom stereocenters. The van der Waals surface area contributed by atoms with Gasteiger partial charge in [0.15, 0.2) is 0 Å². The van der Waals surface area contributed by atoms with Gasteiger partial charge in [0.1, 0.15) is 12.1 Å². The molecule has 0 amide bonds. The van der Waals surface area contributed by atoms with Crippen LogP contribution in [0.5, 0.6) is 0 Å². The number of thiocarbonyl (C=S) groups is 2. The van der Waals surface area contributed by atoms with Gasteiger partial charge in [-0.15, -0.1) is 0 Å². The summed E-state index contributed by atoms with van der Waals surface area (Å²) < 4.78 is 0. The van der Waals surface area contributed by atoms with Crippen molar-refractivity contribution < 1.29 is 0 Å². The summed E-state index contributed by atoms with van der Waals surface area (Å²) in [4.78, 5) is 1.34. The lowest BCUT2D eigenvalue weighted by molar-refractivity contribution is 1.41. The fourth-order valence-corrected chi connectivity index (χ4v) is 3.02. The van der Waals surface area contributed by atoms with Gasteiger partial charge in [0.05, 0.1) is 20.9 Å². The highest BCUT2D eigenvalue weighted by molar-refractivity contribution is 7.82. The molecule has 1 aliphatic rings. The Balaban J connectivity index is 2.35. The largest absolute Gasteiger partial charge is 0.192 e. The number of hydrogen-bond acceptors (Lipinski definition) is 4. The first kappa shape index (κ1) is 12.6. The van der Waals surface area contributed by atoms with Crippen LogP contribution in [0.15, 0.2) is 36.4 Å². The normalized spacial score (nSPS) is 12.1. The van der Waals surface area contributed by atoms with Crippen LogP contribution in [0.25, 0.3) is 0 Å². The van der Waals surface area contributed by atoms with E-state index >= 15 is 0 Å². The molecule has 1 aliphatic carbocycles. The maximum Gasteiger partial charge on any atom is 0.101 e. The van der Waals surface area contributed by atoms with E-state index in [0.29, 0.717) is 20.9 Å². The van der Waals surface area contributed by atoms with Crippen molar-refractivity contribution in [1.29, 1.82) is 10.5 Å². The second-order valence-electron chi connectivity index (χ2n) is 4.37. The van der Waals surface area contributed by atoms with Crippen LogP contribution in [0.3, 0.4) is 0 Å². The number of nitriles is 2. The molecule has 0 bridgehead atoms. The Labute approximate surface area is 126 Å². The van der Waals surface area contributed by atoms with Gasteiger partial charge >= 0.3 is 0 Å². The van der Waals surface area contributed by atoms with Crippen LogP contribution in [-0.4, -0.2) is 9.73 Å². The highest BCUT2D eigenvalue weighted by Crippen LogP contribution is 2.30. The molecule has 0 saturated carbocycles. The van der Waals surface area contributed by atoms with E-state index in [-0.39, 0.29) is 0 Å². The Morgan fingerprint density at radius 1 is 0.700 bits per heavy atom. The lowest BCUT2D eigenvalue weighted by Gasteiger charge is -2.21. The molecule has 92 valence electrons. The van der Waals surface area contributed by atoms with Crippen molar-refractivity contribution in [3.63, 3.8) is 0 Å². The smallest absolute Gasteiger partial charge is 0.101 e. The van der Waals surface area contributed by atoms with E-state index in [1.807, 2.05) is 36.4 Å². The Kier molecular flexibility index (Phi) is 2.91. The van der Waals surface area contributed by atoms with Gasteiger partial charge < -0.3 is 0 Å². The van der Waals surface area contributed by atoms with Crippen molar-refractivity contribution in [1.82, 2.24) is 0 Å². The minimum atomic E-state index is 0.329. The molecule has 0 aromatic heterocycles.